The maximum absolute atomic E-state index is 12.9. The van der Waals surface area contributed by atoms with Crippen LogP contribution in [0.4, 0.5) is 0 Å². The number of hydrogen-bond donors (Lipinski definition) is 1. The third-order valence-corrected chi connectivity index (χ3v) is 5.24. The van der Waals surface area contributed by atoms with Gasteiger partial charge >= 0.3 is 0 Å². The van der Waals surface area contributed by atoms with Crippen molar-refractivity contribution in [2.45, 2.75) is 18.3 Å². The molecule has 4 rings (SSSR count). The number of fused-ring (bicyclic) bond motifs is 1. The molecular formula is C21H22N2O2. The largest absolute Gasteiger partial charge is 0.496 e. The van der Waals surface area contributed by atoms with Crippen molar-refractivity contribution >= 4 is 16.8 Å². The number of amides is 1. The van der Waals surface area contributed by atoms with Crippen LogP contribution in [0.1, 0.15) is 28.8 Å². The lowest BCUT2D eigenvalue weighted by Crippen LogP contribution is -2.34. The van der Waals surface area contributed by atoms with Gasteiger partial charge in [0.2, 0.25) is 0 Å². The molecular weight excluding hydrogens is 312 g/mol. The van der Waals surface area contributed by atoms with E-state index in [-0.39, 0.29) is 11.3 Å². The van der Waals surface area contributed by atoms with Gasteiger partial charge in [0.25, 0.3) is 5.91 Å². The lowest BCUT2D eigenvalue weighted by Gasteiger charge is -2.24. The van der Waals surface area contributed by atoms with E-state index < -0.39 is 0 Å². The molecule has 1 amide bonds. The first kappa shape index (κ1) is 15.8. The maximum Gasteiger partial charge on any atom is 0.257 e. The van der Waals surface area contributed by atoms with Crippen molar-refractivity contribution in [1.29, 1.82) is 0 Å². The van der Waals surface area contributed by atoms with Gasteiger partial charge in [-0.1, -0.05) is 30.3 Å². The Morgan fingerprint density at radius 3 is 2.64 bits per heavy atom. The molecule has 1 N–H and O–H groups in total. The van der Waals surface area contributed by atoms with Gasteiger partial charge in [-0.05, 0) is 36.6 Å². The normalized spacial score (nSPS) is 15.1. The fourth-order valence-electron chi connectivity index (χ4n) is 3.73. The van der Waals surface area contributed by atoms with Gasteiger partial charge in [-0.3, -0.25) is 4.79 Å². The minimum Gasteiger partial charge on any atom is -0.496 e. The summed E-state index contributed by atoms with van der Waals surface area (Å²) in [6.07, 6.45) is 4.33. The first-order valence-electron chi connectivity index (χ1n) is 8.60. The number of likely N-dealkylation sites (N-methyl/N-ethyl adjacent to an activating group) is 1. The van der Waals surface area contributed by atoms with Crippen molar-refractivity contribution in [1.82, 2.24) is 9.88 Å². The van der Waals surface area contributed by atoms with Crippen LogP contribution >= 0.6 is 0 Å². The highest BCUT2D eigenvalue weighted by atomic mass is 16.5. The molecule has 1 aromatic heterocycles. The Morgan fingerprint density at radius 1 is 1.16 bits per heavy atom. The molecule has 4 nitrogen and oxygen atoms in total. The monoisotopic (exact) mass is 334 g/mol. The van der Waals surface area contributed by atoms with Gasteiger partial charge in [0.1, 0.15) is 5.75 Å². The number of rotatable bonds is 5. The number of H-pyrrole nitrogens is 1. The molecule has 1 saturated carbocycles. The summed E-state index contributed by atoms with van der Waals surface area (Å²) in [6.45, 7) is 0.714. The third kappa shape index (κ3) is 2.68. The van der Waals surface area contributed by atoms with Crippen LogP contribution < -0.4 is 4.74 Å². The lowest BCUT2D eigenvalue weighted by atomic mass is 9.94. The van der Waals surface area contributed by atoms with Gasteiger partial charge in [-0.15, -0.1) is 0 Å². The molecule has 0 unspecified atom stereocenters. The van der Waals surface area contributed by atoms with Crippen LogP contribution in [-0.2, 0) is 5.41 Å². The van der Waals surface area contributed by atoms with Crippen LogP contribution in [0.3, 0.4) is 0 Å². The van der Waals surface area contributed by atoms with E-state index in [0.29, 0.717) is 17.9 Å². The average molecular weight is 334 g/mol. The number of methoxy groups -OCH3 is 1. The summed E-state index contributed by atoms with van der Waals surface area (Å²) >= 11 is 0. The van der Waals surface area contributed by atoms with E-state index in [0.717, 1.165) is 18.4 Å². The lowest BCUT2D eigenvalue weighted by molar-refractivity contribution is 0.0778. The van der Waals surface area contributed by atoms with Gasteiger partial charge < -0.3 is 14.6 Å². The average Bonchev–Trinajstić information content (AvgIpc) is 3.29. The van der Waals surface area contributed by atoms with Crippen LogP contribution in [-0.4, -0.2) is 36.5 Å². The molecule has 0 saturated heterocycles. The van der Waals surface area contributed by atoms with Crippen molar-refractivity contribution in [2.24, 2.45) is 0 Å². The smallest absolute Gasteiger partial charge is 0.257 e. The van der Waals surface area contributed by atoms with E-state index in [1.165, 1.54) is 10.9 Å². The fraction of sp³-hybridized carbons (Fsp3) is 0.286. The zero-order valence-corrected chi connectivity index (χ0v) is 14.6. The summed E-state index contributed by atoms with van der Waals surface area (Å²) < 4.78 is 5.34. The number of carbonyl (C=O) groups is 1. The first-order chi connectivity index (χ1) is 12.1. The van der Waals surface area contributed by atoms with Gasteiger partial charge in [0.15, 0.2) is 0 Å². The zero-order chi connectivity index (χ0) is 17.4. The molecule has 128 valence electrons. The number of ether oxygens (including phenoxy) is 1. The Labute approximate surface area is 147 Å². The summed E-state index contributed by atoms with van der Waals surface area (Å²) in [5.41, 5.74) is 3.15. The first-order valence-corrected chi connectivity index (χ1v) is 8.60. The zero-order valence-electron chi connectivity index (χ0n) is 14.6. The van der Waals surface area contributed by atoms with Crippen molar-refractivity contribution in [3.63, 3.8) is 0 Å². The van der Waals surface area contributed by atoms with Crippen LogP contribution in [0, 0.1) is 0 Å². The van der Waals surface area contributed by atoms with Crippen LogP contribution in [0.2, 0.25) is 0 Å². The summed E-state index contributed by atoms with van der Waals surface area (Å²) in [4.78, 5) is 18.1. The van der Waals surface area contributed by atoms with E-state index >= 15 is 0 Å². The van der Waals surface area contributed by atoms with Crippen LogP contribution in [0.15, 0.2) is 54.7 Å². The Balaban J connectivity index is 1.60. The number of para-hydroxylation sites is 2. The molecule has 2 aromatic carbocycles. The number of aromatic amines is 1. The third-order valence-electron chi connectivity index (χ3n) is 5.24. The molecule has 4 heteroatoms. The number of nitrogens with one attached hydrogen (secondary N) is 1. The SMILES string of the molecule is COc1ccccc1C(=O)N(C)CC1(c2c[nH]c3ccccc23)CC1. The fourth-order valence-corrected chi connectivity index (χ4v) is 3.73. The van der Waals surface area contributed by atoms with E-state index in [9.17, 15) is 4.79 Å². The molecule has 0 atom stereocenters. The summed E-state index contributed by atoms with van der Waals surface area (Å²) in [7, 11) is 3.48. The Kier molecular flexibility index (Phi) is 3.75. The van der Waals surface area contributed by atoms with E-state index in [1.807, 2.05) is 42.3 Å². The summed E-state index contributed by atoms with van der Waals surface area (Å²) in [6, 6.07) is 15.8. The number of hydrogen-bond acceptors (Lipinski definition) is 2. The molecule has 1 aliphatic rings. The highest BCUT2D eigenvalue weighted by molar-refractivity contribution is 5.97. The number of carbonyl (C=O) groups excluding carboxylic acids is 1. The molecule has 3 aromatic rings. The Hall–Kier alpha value is -2.75. The predicted octanol–water partition coefficient (Wildman–Crippen LogP) is 3.98. The minimum atomic E-state index is 0.00330. The number of aromatic nitrogens is 1. The van der Waals surface area contributed by atoms with Gasteiger partial charge in [-0.25, -0.2) is 0 Å². The number of benzene rings is 2. The second-order valence-corrected chi connectivity index (χ2v) is 6.89. The number of nitrogens with zero attached hydrogens (tertiary/aromatic N) is 1. The van der Waals surface area contributed by atoms with Crippen LogP contribution in [0.5, 0.6) is 5.75 Å². The highest BCUT2D eigenvalue weighted by Crippen LogP contribution is 2.51. The van der Waals surface area contributed by atoms with Gasteiger partial charge in [0, 0.05) is 36.1 Å². The molecule has 0 bridgehead atoms. The predicted molar refractivity (Wildman–Crippen MR) is 99.2 cm³/mol. The highest BCUT2D eigenvalue weighted by Gasteiger charge is 2.47. The summed E-state index contributed by atoms with van der Waals surface area (Å²) in [5.74, 6) is 0.625. The van der Waals surface area contributed by atoms with Gasteiger partial charge in [-0.2, -0.15) is 0 Å². The van der Waals surface area contributed by atoms with Crippen molar-refractivity contribution in [3.05, 3.63) is 65.9 Å². The molecule has 0 radical (unpaired) electrons. The van der Waals surface area contributed by atoms with Crippen molar-refractivity contribution in [3.8, 4) is 5.75 Å². The maximum atomic E-state index is 12.9. The second-order valence-electron chi connectivity index (χ2n) is 6.89. The van der Waals surface area contributed by atoms with E-state index in [2.05, 4.69) is 29.4 Å². The Bertz CT molecular complexity index is 924. The second kappa shape index (κ2) is 5.96. The van der Waals surface area contributed by atoms with Crippen molar-refractivity contribution in [2.75, 3.05) is 20.7 Å². The molecule has 1 aliphatic carbocycles. The quantitative estimate of drug-likeness (QED) is 0.767. The molecule has 0 aliphatic heterocycles. The molecule has 25 heavy (non-hydrogen) atoms. The standard InChI is InChI=1S/C21H22N2O2/c1-23(20(24)16-8-4-6-10-19(16)25-2)14-21(11-12-21)17-13-22-18-9-5-3-7-15(17)18/h3-10,13,22H,11-12,14H2,1-2H3. The summed E-state index contributed by atoms with van der Waals surface area (Å²) in [5, 5.41) is 1.26. The van der Waals surface area contributed by atoms with E-state index in [1.54, 1.807) is 7.11 Å². The molecule has 1 fully saturated rings. The van der Waals surface area contributed by atoms with Crippen LogP contribution in [0.25, 0.3) is 10.9 Å². The Morgan fingerprint density at radius 2 is 1.88 bits per heavy atom. The van der Waals surface area contributed by atoms with E-state index in [4.69, 9.17) is 4.74 Å². The molecule has 1 heterocycles. The molecule has 0 spiro atoms. The topological polar surface area (TPSA) is 45.3 Å². The van der Waals surface area contributed by atoms with Crippen molar-refractivity contribution < 1.29 is 9.53 Å². The van der Waals surface area contributed by atoms with Gasteiger partial charge in [0.05, 0.1) is 12.7 Å². The minimum absolute atomic E-state index is 0.00330.